The number of anilines is 1. The van der Waals surface area contributed by atoms with Crippen molar-refractivity contribution in [2.75, 3.05) is 25.1 Å². The van der Waals surface area contributed by atoms with E-state index in [9.17, 15) is 4.79 Å². The van der Waals surface area contributed by atoms with Gasteiger partial charge in [-0.05, 0) is 65.5 Å². The highest BCUT2D eigenvalue weighted by atomic mass is 79.9. The number of rotatable bonds is 4. The fourth-order valence-corrected chi connectivity index (χ4v) is 6.34. The Bertz CT molecular complexity index is 989. The lowest BCUT2D eigenvalue weighted by Gasteiger charge is -2.36. The van der Waals surface area contributed by atoms with Crippen LogP contribution in [-0.2, 0) is 4.79 Å². The molecule has 0 bridgehead atoms. The zero-order valence-electron chi connectivity index (χ0n) is 16.9. The summed E-state index contributed by atoms with van der Waals surface area (Å²) in [6, 6.07) is 9.33. The van der Waals surface area contributed by atoms with Gasteiger partial charge < -0.3 is 0 Å². The van der Waals surface area contributed by atoms with Crippen LogP contribution in [0.3, 0.4) is 0 Å². The van der Waals surface area contributed by atoms with E-state index in [0.29, 0.717) is 20.3 Å². The molecule has 2 atom stereocenters. The molecule has 4 rings (SSSR count). The van der Waals surface area contributed by atoms with Crippen LogP contribution < -0.4 is 10.4 Å². The molecule has 30 heavy (non-hydrogen) atoms. The maximum atomic E-state index is 13.3. The second-order valence-electron chi connectivity index (χ2n) is 8.15. The highest BCUT2D eigenvalue weighted by Crippen LogP contribution is 2.44. The summed E-state index contributed by atoms with van der Waals surface area (Å²) in [5, 5.41) is 7.73. The molecule has 2 aliphatic rings. The van der Waals surface area contributed by atoms with Crippen molar-refractivity contribution in [2.24, 2.45) is 11.0 Å². The lowest BCUT2D eigenvalue weighted by Crippen LogP contribution is -2.61. The summed E-state index contributed by atoms with van der Waals surface area (Å²) in [4.78, 5) is 14.4. The first-order valence-corrected chi connectivity index (χ1v) is 12.4. The number of thiophene rings is 1. The maximum absolute atomic E-state index is 13.3. The lowest BCUT2D eigenvalue weighted by atomic mass is 9.95. The smallest absolute Gasteiger partial charge is 0.263 e. The topological polar surface area (TPSA) is 44.7 Å². The van der Waals surface area contributed by atoms with Crippen molar-refractivity contribution < 1.29 is 9.39 Å². The lowest BCUT2D eigenvalue weighted by molar-refractivity contribution is -0.947. The number of piperidine rings is 1. The highest BCUT2D eigenvalue weighted by Gasteiger charge is 2.42. The van der Waals surface area contributed by atoms with Crippen LogP contribution in [0.15, 0.2) is 39.2 Å². The fraction of sp³-hybridized carbons (Fsp3) is 0.429. The third-order valence-electron chi connectivity index (χ3n) is 5.83. The summed E-state index contributed by atoms with van der Waals surface area (Å²) in [7, 11) is 2.08. The molecule has 1 N–H and O–H groups in total. The molecule has 0 saturated carbocycles. The first-order valence-electron chi connectivity index (χ1n) is 10.0. The third-order valence-corrected chi connectivity index (χ3v) is 8.07. The van der Waals surface area contributed by atoms with E-state index in [1.807, 2.05) is 17.1 Å². The average Bonchev–Trinajstić information content (AvgIpc) is 3.25. The molecule has 160 valence electrons. The molecule has 0 spiro atoms. The van der Waals surface area contributed by atoms with Gasteiger partial charge in [-0.1, -0.05) is 30.1 Å². The van der Waals surface area contributed by atoms with Crippen molar-refractivity contribution in [3.8, 4) is 0 Å². The molecule has 2 aromatic rings. The molecule has 0 radical (unpaired) electrons. The SMILES string of the molecule is C[C@@H]1C(C(=O)N[N+]2(C)CCCCC2)=NN(c2ccc(Cl)cc2Cl)[C@H]1c1ccc(Br)s1. The zero-order chi connectivity index (χ0) is 21.5. The number of likely N-dealkylation sites (tertiary alicyclic amines) is 1. The molecule has 1 fully saturated rings. The molecule has 1 amide bonds. The van der Waals surface area contributed by atoms with Crippen LogP contribution in [-0.4, -0.2) is 36.3 Å². The maximum Gasteiger partial charge on any atom is 0.312 e. The Morgan fingerprint density at radius 3 is 2.60 bits per heavy atom. The van der Waals surface area contributed by atoms with Crippen molar-refractivity contribution in [2.45, 2.75) is 32.2 Å². The second-order valence-corrected chi connectivity index (χ2v) is 11.5. The minimum Gasteiger partial charge on any atom is -0.263 e. The van der Waals surface area contributed by atoms with E-state index in [0.717, 1.165) is 40.3 Å². The van der Waals surface area contributed by atoms with Crippen molar-refractivity contribution in [3.05, 3.63) is 49.0 Å². The number of carbonyl (C=O) groups excluding carboxylic acids is 1. The van der Waals surface area contributed by atoms with E-state index in [1.165, 1.54) is 6.42 Å². The minimum atomic E-state index is -0.118. The van der Waals surface area contributed by atoms with E-state index in [4.69, 9.17) is 28.3 Å². The van der Waals surface area contributed by atoms with Gasteiger partial charge in [0.2, 0.25) is 0 Å². The molecular weight excluding hydrogens is 507 g/mol. The van der Waals surface area contributed by atoms with Crippen LogP contribution in [0.5, 0.6) is 0 Å². The van der Waals surface area contributed by atoms with Gasteiger partial charge in [0.1, 0.15) is 18.8 Å². The molecule has 5 nitrogen and oxygen atoms in total. The second kappa shape index (κ2) is 8.79. The average molecular weight is 531 g/mol. The Labute approximate surface area is 199 Å². The molecule has 1 aromatic heterocycles. The summed E-state index contributed by atoms with van der Waals surface area (Å²) in [5.74, 6) is -0.209. The minimum absolute atomic E-state index is 0.0984. The number of nitrogens with one attached hydrogen (secondary N) is 1. The molecular formula is C21H24BrCl2N4OS+. The number of hydrogen-bond acceptors (Lipinski definition) is 4. The van der Waals surface area contributed by atoms with E-state index in [-0.39, 0.29) is 17.9 Å². The first-order chi connectivity index (χ1) is 14.3. The molecule has 1 saturated heterocycles. The van der Waals surface area contributed by atoms with Gasteiger partial charge in [-0.2, -0.15) is 10.5 Å². The Balaban J connectivity index is 1.69. The number of hydrogen-bond donors (Lipinski definition) is 1. The quantitative estimate of drug-likeness (QED) is 0.490. The van der Waals surface area contributed by atoms with Crippen LogP contribution in [0.25, 0.3) is 0 Å². The number of amides is 1. The van der Waals surface area contributed by atoms with Crippen molar-refractivity contribution in [1.82, 2.24) is 5.43 Å². The Morgan fingerprint density at radius 1 is 1.23 bits per heavy atom. The summed E-state index contributed by atoms with van der Waals surface area (Å²) in [6.07, 6.45) is 3.47. The number of quaternary nitrogens is 1. The van der Waals surface area contributed by atoms with Gasteiger partial charge in [0.05, 0.1) is 27.6 Å². The van der Waals surface area contributed by atoms with Crippen LogP contribution in [0.1, 0.15) is 37.1 Å². The predicted octanol–water partition coefficient (Wildman–Crippen LogP) is 6.03. The van der Waals surface area contributed by atoms with Crippen molar-refractivity contribution in [1.29, 1.82) is 0 Å². The highest BCUT2D eigenvalue weighted by molar-refractivity contribution is 9.11. The van der Waals surface area contributed by atoms with Crippen molar-refractivity contribution in [3.63, 3.8) is 0 Å². The fourth-order valence-electron chi connectivity index (χ4n) is 4.23. The van der Waals surface area contributed by atoms with E-state index in [2.05, 4.69) is 41.4 Å². The number of halogens is 3. The number of benzene rings is 1. The van der Waals surface area contributed by atoms with Gasteiger partial charge in [0, 0.05) is 15.8 Å². The first kappa shape index (κ1) is 22.1. The molecule has 3 heterocycles. The number of nitrogens with zero attached hydrogens (tertiary/aromatic N) is 3. The van der Waals surface area contributed by atoms with Gasteiger partial charge >= 0.3 is 5.91 Å². The van der Waals surface area contributed by atoms with Crippen LogP contribution in [0, 0.1) is 5.92 Å². The van der Waals surface area contributed by atoms with Gasteiger partial charge in [0.25, 0.3) is 0 Å². The largest absolute Gasteiger partial charge is 0.312 e. The summed E-state index contributed by atoms with van der Waals surface area (Å²) < 4.78 is 1.60. The Morgan fingerprint density at radius 2 is 1.97 bits per heavy atom. The molecule has 2 aliphatic heterocycles. The van der Waals surface area contributed by atoms with E-state index >= 15 is 0 Å². The summed E-state index contributed by atoms with van der Waals surface area (Å²) in [6.45, 7) is 3.94. The Kier molecular flexibility index (Phi) is 6.47. The van der Waals surface area contributed by atoms with Gasteiger partial charge in [-0.15, -0.1) is 11.3 Å². The van der Waals surface area contributed by atoms with Crippen LogP contribution >= 0.6 is 50.5 Å². The Hall–Kier alpha value is -1.12. The van der Waals surface area contributed by atoms with Crippen LogP contribution in [0.4, 0.5) is 5.69 Å². The molecule has 0 aliphatic carbocycles. The number of carbonyl (C=O) groups is 1. The normalized spacial score (nSPS) is 23.4. The molecule has 9 heteroatoms. The summed E-state index contributed by atoms with van der Waals surface area (Å²) in [5.41, 5.74) is 4.49. The predicted molar refractivity (Wildman–Crippen MR) is 128 cm³/mol. The number of hydrazone groups is 1. The monoisotopic (exact) mass is 529 g/mol. The molecule has 1 aromatic carbocycles. The van der Waals surface area contributed by atoms with Crippen molar-refractivity contribution >= 4 is 67.8 Å². The zero-order valence-corrected chi connectivity index (χ0v) is 20.8. The van der Waals surface area contributed by atoms with E-state index in [1.54, 1.807) is 23.5 Å². The van der Waals surface area contributed by atoms with E-state index < -0.39 is 0 Å². The van der Waals surface area contributed by atoms with Gasteiger partial charge in [-0.25, -0.2) is 4.59 Å². The van der Waals surface area contributed by atoms with Gasteiger partial charge in [0.15, 0.2) is 0 Å². The third kappa shape index (κ3) is 4.41. The molecule has 0 unspecified atom stereocenters. The van der Waals surface area contributed by atoms with Gasteiger partial charge in [-0.3, -0.25) is 9.80 Å². The van der Waals surface area contributed by atoms with Crippen LogP contribution in [0.2, 0.25) is 10.0 Å². The summed E-state index contributed by atoms with van der Waals surface area (Å²) >= 11 is 17.8. The standard InChI is InChI=1S/C21H23BrCl2N4OS/c1-13-19(21(29)26-28(2)10-4-3-5-11-28)25-27(16-7-6-14(23)12-15(16)24)20(13)17-8-9-18(22)30-17/h6-9,12-13,20H,3-5,10-11H2,1-2H3/p+1/t13-,20-/m1/s1.